The van der Waals surface area contributed by atoms with E-state index in [0.29, 0.717) is 30.5 Å². The second kappa shape index (κ2) is 6.43. The Morgan fingerprint density at radius 2 is 2.04 bits per heavy atom. The smallest absolute Gasteiger partial charge is 0.274 e. The summed E-state index contributed by atoms with van der Waals surface area (Å²) in [5.41, 5.74) is 2.04. The van der Waals surface area contributed by atoms with Crippen molar-refractivity contribution < 1.29 is 9.32 Å². The molecule has 1 amide bonds. The molecule has 0 saturated carbocycles. The molecular formula is C18H17N5O2. The van der Waals surface area contributed by atoms with Gasteiger partial charge in [0, 0.05) is 30.8 Å². The molecule has 0 spiro atoms. The number of carbonyl (C=O) groups is 1. The third kappa shape index (κ3) is 3.13. The minimum atomic E-state index is -0.109. The molecule has 4 rings (SSSR count). The van der Waals surface area contributed by atoms with Crippen LogP contribution in [0.3, 0.4) is 0 Å². The highest BCUT2D eigenvalue weighted by molar-refractivity contribution is 5.92. The molecule has 1 atom stereocenters. The molecule has 0 bridgehead atoms. The molecule has 25 heavy (non-hydrogen) atoms. The van der Waals surface area contributed by atoms with Crippen molar-refractivity contribution >= 4 is 5.91 Å². The van der Waals surface area contributed by atoms with Crippen LogP contribution < -0.4 is 0 Å². The van der Waals surface area contributed by atoms with Gasteiger partial charge in [0.15, 0.2) is 5.82 Å². The Morgan fingerprint density at radius 3 is 2.80 bits per heavy atom. The van der Waals surface area contributed by atoms with E-state index in [1.165, 1.54) is 6.20 Å². The number of aromatic nitrogens is 4. The lowest BCUT2D eigenvalue weighted by molar-refractivity contribution is 0.0784. The minimum Gasteiger partial charge on any atom is -0.337 e. The molecule has 3 heterocycles. The minimum absolute atomic E-state index is 0.0727. The first-order chi connectivity index (χ1) is 12.2. The van der Waals surface area contributed by atoms with Crippen molar-refractivity contribution in [3.05, 3.63) is 59.9 Å². The molecule has 1 aliphatic rings. The number of likely N-dealkylation sites (tertiary alicyclic amines) is 1. The van der Waals surface area contributed by atoms with E-state index in [1.54, 1.807) is 11.1 Å². The van der Waals surface area contributed by atoms with Crippen LogP contribution in [0.5, 0.6) is 0 Å². The van der Waals surface area contributed by atoms with Gasteiger partial charge in [0.25, 0.3) is 11.8 Å². The lowest BCUT2D eigenvalue weighted by Crippen LogP contribution is -2.29. The first-order valence-electron chi connectivity index (χ1n) is 8.17. The fourth-order valence-electron chi connectivity index (χ4n) is 2.92. The molecule has 1 saturated heterocycles. The zero-order chi connectivity index (χ0) is 17.2. The van der Waals surface area contributed by atoms with Crippen LogP contribution in [0, 0.1) is 6.92 Å². The largest absolute Gasteiger partial charge is 0.337 e. The maximum Gasteiger partial charge on any atom is 0.274 e. The molecule has 1 aromatic carbocycles. The van der Waals surface area contributed by atoms with Crippen molar-refractivity contribution in [1.82, 2.24) is 25.0 Å². The topological polar surface area (TPSA) is 85.0 Å². The summed E-state index contributed by atoms with van der Waals surface area (Å²) >= 11 is 0. The van der Waals surface area contributed by atoms with Gasteiger partial charge in [0.1, 0.15) is 5.69 Å². The van der Waals surface area contributed by atoms with Gasteiger partial charge in [-0.05, 0) is 25.5 Å². The van der Waals surface area contributed by atoms with Gasteiger partial charge in [-0.2, -0.15) is 4.98 Å². The normalized spacial score (nSPS) is 17.0. The van der Waals surface area contributed by atoms with Crippen LogP contribution in [0.4, 0.5) is 0 Å². The first kappa shape index (κ1) is 15.4. The van der Waals surface area contributed by atoms with Crippen LogP contribution in [-0.4, -0.2) is 44.0 Å². The van der Waals surface area contributed by atoms with E-state index in [1.807, 2.05) is 37.3 Å². The second-order valence-corrected chi connectivity index (χ2v) is 6.10. The number of amides is 1. The number of aryl methyl sites for hydroxylation is 1. The number of hydrogen-bond donors (Lipinski definition) is 0. The second-order valence-electron chi connectivity index (χ2n) is 6.10. The molecule has 3 aromatic rings. The van der Waals surface area contributed by atoms with E-state index in [-0.39, 0.29) is 11.8 Å². The Kier molecular flexibility index (Phi) is 3.97. The van der Waals surface area contributed by atoms with Crippen LogP contribution in [0.2, 0.25) is 0 Å². The average Bonchev–Trinajstić information content (AvgIpc) is 3.32. The Hall–Kier alpha value is -3.09. The highest BCUT2D eigenvalue weighted by atomic mass is 16.5. The third-order valence-electron chi connectivity index (χ3n) is 4.30. The van der Waals surface area contributed by atoms with E-state index in [9.17, 15) is 4.79 Å². The van der Waals surface area contributed by atoms with Gasteiger partial charge in [-0.25, -0.2) is 4.98 Å². The van der Waals surface area contributed by atoms with Gasteiger partial charge in [0.2, 0.25) is 0 Å². The molecule has 2 aromatic heterocycles. The summed E-state index contributed by atoms with van der Waals surface area (Å²) in [4.78, 5) is 27.1. The molecule has 1 unspecified atom stereocenters. The summed E-state index contributed by atoms with van der Waals surface area (Å²) in [7, 11) is 0. The van der Waals surface area contributed by atoms with Gasteiger partial charge >= 0.3 is 0 Å². The fourth-order valence-corrected chi connectivity index (χ4v) is 2.92. The third-order valence-corrected chi connectivity index (χ3v) is 4.30. The van der Waals surface area contributed by atoms with Crippen molar-refractivity contribution in [3.8, 4) is 11.5 Å². The van der Waals surface area contributed by atoms with Gasteiger partial charge in [-0.1, -0.05) is 23.4 Å². The molecule has 0 radical (unpaired) electrons. The van der Waals surface area contributed by atoms with Crippen molar-refractivity contribution in [2.24, 2.45) is 0 Å². The standard InChI is InChI=1S/C18H17N5O2/c1-12-9-20-15(10-19-12)18(24)23-8-7-14(11-23)16-21-17(25-22-16)13-5-3-2-4-6-13/h2-6,9-10,14H,7-8,11H2,1H3. The fraction of sp³-hybridized carbons (Fsp3) is 0.278. The highest BCUT2D eigenvalue weighted by Crippen LogP contribution is 2.28. The Labute approximate surface area is 144 Å². The molecule has 0 N–H and O–H groups in total. The van der Waals surface area contributed by atoms with Crippen molar-refractivity contribution in [2.75, 3.05) is 13.1 Å². The van der Waals surface area contributed by atoms with Gasteiger partial charge < -0.3 is 9.42 Å². The maximum absolute atomic E-state index is 12.5. The molecule has 126 valence electrons. The summed E-state index contributed by atoms with van der Waals surface area (Å²) in [5.74, 6) is 1.11. The zero-order valence-corrected chi connectivity index (χ0v) is 13.8. The SMILES string of the molecule is Cc1cnc(C(=O)N2CCC(c3noc(-c4ccccc4)n3)C2)cn1. The summed E-state index contributed by atoms with van der Waals surface area (Å²) in [5, 5.41) is 4.10. The van der Waals surface area contributed by atoms with E-state index >= 15 is 0 Å². The predicted octanol–water partition coefficient (Wildman–Crippen LogP) is 2.46. The molecular weight excluding hydrogens is 318 g/mol. The lowest BCUT2D eigenvalue weighted by atomic mass is 10.1. The number of benzene rings is 1. The van der Waals surface area contributed by atoms with Crippen LogP contribution in [0.1, 0.15) is 34.3 Å². The number of carbonyl (C=O) groups excluding carboxylic acids is 1. The first-order valence-corrected chi connectivity index (χ1v) is 8.17. The highest BCUT2D eigenvalue weighted by Gasteiger charge is 2.31. The summed E-state index contributed by atoms with van der Waals surface area (Å²) in [6.45, 7) is 3.05. The average molecular weight is 335 g/mol. The zero-order valence-electron chi connectivity index (χ0n) is 13.8. The number of nitrogens with zero attached hydrogens (tertiary/aromatic N) is 5. The van der Waals surface area contributed by atoms with E-state index < -0.39 is 0 Å². The van der Waals surface area contributed by atoms with E-state index in [2.05, 4.69) is 20.1 Å². The molecule has 7 heteroatoms. The molecule has 0 aliphatic carbocycles. The Bertz CT molecular complexity index is 876. The summed E-state index contributed by atoms with van der Waals surface area (Å²) < 4.78 is 5.37. The number of rotatable bonds is 3. The van der Waals surface area contributed by atoms with E-state index in [4.69, 9.17) is 4.52 Å². The van der Waals surface area contributed by atoms with Gasteiger partial charge in [0.05, 0.1) is 11.9 Å². The van der Waals surface area contributed by atoms with Crippen LogP contribution in [-0.2, 0) is 0 Å². The van der Waals surface area contributed by atoms with Crippen molar-refractivity contribution in [1.29, 1.82) is 0 Å². The van der Waals surface area contributed by atoms with Crippen LogP contribution in [0.15, 0.2) is 47.2 Å². The predicted molar refractivity (Wildman–Crippen MR) is 89.8 cm³/mol. The van der Waals surface area contributed by atoms with Crippen LogP contribution >= 0.6 is 0 Å². The van der Waals surface area contributed by atoms with Crippen molar-refractivity contribution in [3.63, 3.8) is 0 Å². The van der Waals surface area contributed by atoms with E-state index in [0.717, 1.165) is 17.7 Å². The maximum atomic E-state index is 12.5. The van der Waals surface area contributed by atoms with Crippen LogP contribution in [0.25, 0.3) is 11.5 Å². The summed E-state index contributed by atoms with van der Waals surface area (Å²) in [6.07, 6.45) is 3.93. The lowest BCUT2D eigenvalue weighted by Gasteiger charge is -2.14. The quantitative estimate of drug-likeness (QED) is 0.731. The molecule has 1 aliphatic heterocycles. The van der Waals surface area contributed by atoms with Crippen molar-refractivity contribution in [2.45, 2.75) is 19.3 Å². The molecule has 1 fully saturated rings. The molecule has 7 nitrogen and oxygen atoms in total. The number of hydrogen-bond acceptors (Lipinski definition) is 6. The Morgan fingerprint density at radius 1 is 1.20 bits per heavy atom. The van der Waals surface area contributed by atoms with Gasteiger partial charge in [-0.3, -0.25) is 9.78 Å². The summed E-state index contributed by atoms with van der Waals surface area (Å²) in [6, 6.07) is 9.65. The monoisotopic (exact) mass is 335 g/mol. The van der Waals surface area contributed by atoms with Gasteiger partial charge in [-0.15, -0.1) is 0 Å². The Balaban J connectivity index is 1.47.